The molecule has 0 saturated carbocycles. The summed E-state index contributed by atoms with van der Waals surface area (Å²) in [5, 5.41) is 11.5. The molecule has 2 aromatic rings. The number of phenols is 1. The van der Waals surface area contributed by atoms with E-state index in [4.69, 9.17) is 5.73 Å². The normalized spacial score (nSPS) is 10.8. The number of rotatable bonds is 4. The highest BCUT2D eigenvalue weighted by Gasteiger charge is 2.21. The van der Waals surface area contributed by atoms with E-state index < -0.39 is 0 Å². The number of phenolic OH excluding ortho intramolecular Hbond substituents is 1. The van der Waals surface area contributed by atoms with E-state index in [9.17, 15) is 9.90 Å². The Bertz CT molecular complexity index is 594. The third-order valence-electron chi connectivity index (χ3n) is 3.06. The molecule has 0 radical (unpaired) electrons. The highest BCUT2D eigenvalue weighted by molar-refractivity contribution is 7.09. The van der Waals surface area contributed by atoms with Crippen molar-refractivity contribution in [1.82, 2.24) is 4.90 Å². The molecule has 4 nitrogen and oxygen atoms in total. The van der Waals surface area contributed by atoms with Crippen LogP contribution in [0.2, 0.25) is 0 Å². The van der Waals surface area contributed by atoms with Gasteiger partial charge in [0.05, 0.1) is 12.1 Å². The van der Waals surface area contributed by atoms with Gasteiger partial charge < -0.3 is 15.7 Å². The standard InChI is InChI=1S/C15H18N2O2S/c1-10(2)17(9-12-4-3-7-20-12)15(19)13-8-11(18)5-6-14(13)16/h3-8,10,18H,9,16H2,1-2H3. The number of hydrogen-bond acceptors (Lipinski definition) is 4. The molecule has 1 amide bonds. The highest BCUT2D eigenvalue weighted by atomic mass is 32.1. The van der Waals surface area contributed by atoms with Gasteiger partial charge >= 0.3 is 0 Å². The molecule has 1 heterocycles. The van der Waals surface area contributed by atoms with E-state index in [0.717, 1.165) is 4.88 Å². The first kappa shape index (κ1) is 14.4. The number of hydrogen-bond donors (Lipinski definition) is 2. The van der Waals surface area contributed by atoms with Crippen LogP contribution in [0.4, 0.5) is 5.69 Å². The van der Waals surface area contributed by atoms with E-state index >= 15 is 0 Å². The molecule has 106 valence electrons. The van der Waals surface area contributed by atoms with Crippen molar-refractivity contribution < 1.29 is 9.90 Å². The Labute approximate surface area is 122 Å². The van der Waals surface area contributed by atoms with Crippen molar-refractivity contribution in [3.63, 3.8) is 0 Å². The third-order valence-corrected chi connectivity index (χ3v) is 3.92. The predicted molar refractivity (Wildman–Crippen MR) is 81.8 cm³/mol. The number of nitrogen functional groups attached to an aromatic ring is 1. The zero-order chi connectivity index (χ0) is 14.7. The van der Waals surface area contributed by atoms with Crippen LogP contribution >= 0.6 is 11.3 Å². The first-order valence-electron chi connectivity index (χ1n) is 6.41. The molecule has 0 spiro atoms. The Kier molecular flexibility index (Phi) is 4.29. The zero-order valence-electron chi connectivity index (χ0n) is 11.5. The molecule has 0 bridgehead atoms. The Balaban J connectivity index is 2.29. The molecular weight excluding hydrogens is 272 g/mol. The highest BCUT2D eigenvalue weighted by Crippen LogP contribution is 2.23. The molecule has 0 unspecified atom stereocenters. The molecule has 0 fully saturated rings. The van der Waals surface area contributed by atoms with E-state index in [1.807, 2.05) is 31.4 Å². The molecule has 0 aliphatic rings. The molecule has 3 N–H and O–H groups in total. The Morgan fingerprint density at radius 3 is 2.75 bits per heavy atom. The lowest BCUT2D eigenvalue weighted by atomic mass is 10.1. The van der Waals surface area contributed by atoms with Gasteiger partial charge in [0.2, 0.25) is 0 Å². The topological polar surface area (TPSA) is 66.6 Å². The van der Waals surface area contributed by atoms with Crippen LogP contribution in [0.3, 0.4) is 0 Å². The van der Waals surface area contributed by atoms with E-state index in [1.54, 1.807) is 22.3 Å². The third kappa shape index (κ3) is 3.11. The van der Waals surface area contributed by atoms with Gasteiger partial charge in [-0.1, -0.05) is 6.07 Å². The van der Waals surface area contributed by atoms with Gasteiger partial charge in [0.25, 0.3) is 5.91 Å². The summed E-state index contributed by atoms with van der Waals surface area (Å²) in [5.41, 5.74) is 6.57. The molecular formula is C15H18N2O2S. The smallest absolute Gasteiger partial charge is 0.256 e. The van der Waals surface area contributed by atoms with Crippen LogP contribution in [0.1, 0.15) is 29.1 Å². The fourth-order valence-corrected chi connectivity index (χ4v) is 2.65. The van der Waals surface area contributed by atoms with E-state index in [-0.39, 0.29) is 17.7 Å². The van der Waals surface area contributed by atoms with Gasteiger partial charge in [-0.05, 0) is 43.5 Å². The monoisotopic (exact) mass is 290 g/mol. The number of thiophene rings is 1. The average Bonchev–Trinajstić information content (AvgIpc) is 2.90. The van der Waals surface area contributed by atoms with Gasteiger partial charge in [-0.15, -0.1) is 11.3 Å². The van der Waals surface area contributed by atoms with Gasteiger partial charge in [-0.25, -0.2) is 0 Å². The second-order valence-corrected chi connectivity index (χ2v) is 5.91. The molecule has 0 aliphatic heterocycles. The van der Waals surface area contributed by atoms with E-state index in [2.05, 4.69) is 0 Å². The summed E-state index contributed by atoms with van der Waals surface area (Å²) >= 11 is 1.61. The zero-order valence-corrected chi connectivity index (χ0v) is 12.4. The van der Waals surface area contributed by atoms with Crippen LogP contribution in [-0.4, -0.2) is 22.0 Å². The van der Waals surface area contributed by atoms with Gasteiger partial charge in [0, 0.05) is 16.6 Å². The van der Waals surface area contributed by atoms with E-state index in [0.29, 0.717) is 17.8 Å². The lowest BCUT2D eigenvalue weighted by molar-refractivity contribution is 0.0693. The van der Waals surface area contributed by atoms with Crippen LogP contribution in [0.15, 0.2) is 35.7 Å². The second-order valence-electron chi connectivity index (χ2n) is 4.88. The molecule has 0 aliphatic carbocycles. The minimum atomic E-state index is -0.165. The molecule has 0 saturated heterocycles. The van der Waals surface area contributed by atoms with Crippen molar-refractivity contribution in [2.75, 3.05) is 5.73 Å². The lowest BCUT2D eigenvalue weighted by Gasteiger charge is -2.27. The molecule has 5 heteroatoms. The van der Waals surface area contributed by atoms with Crippen molar-refractivity contribution in [1.29, 1.82) is 0 Å². The van der Waals surface area contributed by atoms with Crippen molar-refractivity contribution in [3.8, 4) is 5.75 Å². The fraction of sp³-hybridized carbons (Fsp3) is 0.267. The van der Waals surface area contributed by atoms with Crippen LogP contribution in [-0.2, 0) is 6.54 Å². The quantitative estimate of drug-likeness (QED) is 0.671. The van der Waals surface area contributed by atoms with Crippen molar-refractivity contribution in [3.05, 3.63) is 46.2 Å². The maximum Gasteiger partial charge on any atom is 0.256 e. The van der Waals surface area contributed by atoms with Crippen LogP contribution in [0.25, 0.3) is 0 Å². The molecule has 1 aromatic heterocycles. The van der Waals surface area contributed by atoms with Gasteiger partial charge in [-0.2, -0.15) is 0 Å². The van der Waals surface area contributed by atoms with Gasteiger partial charge in [0.1, 0.15) is 5.75 Å². The Hall–Kier alpha value is -2.01. The first-order chi connectivity index (χ1) is 9.49. The van der Waals surface area contributed by atoms with E-state index in [1.165, 1.54) is 12.1 Å². The van der Waals surface area contributed by atoms with Crippen LogP contribution in [0, 0.1) is 0 Å². The summed E-state index contributed by atoms with van der Waals surface area (Å²) in [4.78, 5) is 15.5. The largest absolute Gasteiger partial charge is 0.508 e. The minimum Gasteiger partial charge on any atom is -0.508 e. The number of benzene rings is 1. The summed E-state index contributed by atoms with van der Waals surface area (Å²) in [7, 11) is 0. The molecule has 2 rings (SSSR count). The SMILES string of the molecule is CC(C)N(Cc1cccs1)C(=O)c1cc(O)ccc1N. The Morgan fingerprint density at radius 1 is 1.40 bits per heavy atom. The summed E-state index contributed by atoms with van der Waals surface area (Å²) < 4.78 is 0. The molecule has 1 aromatic carbocycles. The number of carbonyl (C=O) groups is 1. The number of aromatic hydroxyl groups is 1. The number of carbonyl (C=O) groups excluding carboxylic acids is 1. The second kappa shape index (κ2) is 5.96. The van der Waals surface area contributed by atoms with Gasteiger partial charge in [-0.3, -0.25) is 4.79 Å². The van der Waals surface area contributed by atoms with Gasteiger partial charge in [0.15, 0.2) is 0 Å². The number of anilines is 1. The maximum absolute atomic E-state index is 12.6. The van der Waals surface area contributed by atoms with Crippen LogP contribution < -0.4 is 5.73 Å². The summed E-state index contributed by atoms with van der Waals surface area (Å²) in [6.07, 6.45) is 0. The van der Waals surface area contributed by atoms with Crippen molar-refractivity contribution in [2.45, 2.75) is 26.4 Å². The Morgan fingerprint density at radius 2 is 2.15 bits per heavy atom. The summed E-state index contributed by atoms with van der Waals surface area (Å²) in [6, 6.07) is 8.45. The number of nitrogens with zero attached hydrogens (tertiary/aromatic N) is 1. The average molecular weight is 290 g/mol. The maximum atomic E-state index is 12.6. The van der Waals surface area contributed by atoms with Crippen molar-refractivity contribution >= 4 is 22.9 Å². The lowest BCUT2D eigenvalue weighted by Crippen LogP contribution is -2.36. The van der Waals surface area contributed by atoms with Crippen LogP contribution in [0.5, 0.6) is 5.75 Å². The molecule has 0 atom stereocenters. The predicted octanol–water partition coefficient (Wildman–Crippen LogP) is 3.09. The van der Waals surface area contributed by atoms with Crippen molar-refractivity contribution in [2.24, 2.45) is 0 Å². The molecule has 20 heavy (non-hydrogen) atoms. The summed E-state index contributed by atoms with van der Waals surface area (Å²) in [5.74, 6) is -0.121. The minimum absolute atomic E-state index is 0.0439. The first-order valence-corrected chi connectivity index (χ1v) is 7.29. The summed E-state index contributed by atoms with van der Waals surface area (Å²) in [6.45, 7) is 4.47. The number of amides is 1. The number of nitrogens with two attached hydrogens (primary N) is 1. The fourth-order valence-electron chi connectivity index (χ4n) is 1.94.